The van der Waals surface area contributed by atoms with E-state index >= 15 is 0 Å². The zero-order valence-corrected chi connectivity index (χ0v) is 19.1. The topological polar surface area (TPSA) is 105 Å². The lowest BCUT2D eigenvalue weighted by Crippen LogP contribution is -2.55. The summed E-state index contributed by atoms with van der Waals surface area (Å²) in [5.74, 6) is -0.773. The van der Waals surface area contributed by atoms with Crippen molar-refractivity contribution in [1.82, 2.24) is 5.32 Å². The molecular weight excluding hydrogens is 437 g/mol. The molecule has 1 saturated carbocycles. The highest BCUT2D eigenvalue weighted by Gasteiger charge is 2.44. The third kappa shape index (κ3) is 9.88. The van der Waals surface area contributed by atoms with Crippen molar-refractivity contribution in [2.24, 2.45) is 5.73 Å². The maximum atomic E-state index is 12.1. The summed E-state index contributed by atoms with van der Waals surface area (Å²) in [6, 6.07) is 7.42. The summed E-state index contributed by atoms with van der Waals surface area (Å²) in [5.41, 5.74) is 6.22. The van der Waals surface area contributed by atoms with Gasteiger partial charge < -0.3 is 20.1 Å². The number of halogens is 3. The van der Waals surface area contributed by atoms with E-state index in [0.29, 0.717) is 30.8 Å². The van der Waals surface area contributed by atoms with Gasteiger partial charge in [-0.25, -0.2) is 0 Å². The number of benzene rings is 1. The van der Waals surface area contributed by atoms with Crippen molar-refractivity contribution in [2.75, 3.05) is 0 Å². The first kappa shape index (κ1) is 28.5. The number of hydrogen-bond donors (Lipinski definition) is 4. The van der Waals surface area contributed by atoms with Gasteiger partial charge in [0, 0.05) is 42.7 Å². The molecule has 1 aliphatic carbocycles. The largest absolute Gasteiger partial charge is 0.455 e. The second kappa shape index (κ2) is 13.7. The first-order chi connectivity index (χ1) is 12.8. The van der Waals surface area contributed by atoms with Gasteiger partial charge in [-0.2, -0.15) is 0 Å². The standard InChI is InChI=1S/C19H30BClN2O4.2ClH/c1-2-3-4-5-18(24)27-19(22)11-15(20(25)26)10-17(12-19)23-13-14-6-8-16(21)9-7-14;;/h6-9,15,17,23,25-26H,2-5,10-13,22H2,1H3;2*1H. The Kier molecular flexibility index (Phi) is 13.5. The van der Waals surface area contributed by atoms with Gasteiger partial charge in [-0.05, 0) is 30.5 Å². The lowest BCUT2D eigenvalue weighted by atomic mass is 9.62. The van der Waals surface area contributed by atoms with Crippen molar-refractivity contribution in [3.8, 4) is 0 Å². The maximum Gasteiger partial charge on any atom is 0.455 e. The molecule has 0 aliphatic heterocycles. The van der Waals surface area contributed by atoms with E-state index in [1.54, 1.807) is 0 Å². The molecule has 10 heteroatoms. The third-order valence-electron chi connectivity index (χ3n) is 5.02. The van der Waals surface area contributed by atoms with Crippen LogP contribution in [0.5, 0.6) is 0 Å². The Balaban J connectivity index is 0.00000392. The molecule has 3 atom stereocenters. The van der Waals surface area contributed by atoms with Crippen molar-refractivity contribution in [1.29, 1.82) is 0 Å². The van der Waals surface area contributed by atoms with Crippen molar-refractivity contribution < 1.29 is 19.6 Å². The van der Waals surface area contributed by atoms with E-state index in [4.69, 9.17) is 22.1 Å². The number of carbonyl (C=O) groups is 1. The molecule has 0 saturated heterocycles. The van der Waals surface area contributed by atoms with E-state index in [-0.39, 0.29) is 43.2 Å². The van der Waals surface area contributed by atoms with Crippen LogP contribution in [0.4, 0.5) is 0 Å². The van der Waals surface area contributed by atoms with Crippen LogP contribution in [0.1, 0.15) is 57.4 Å². The van der Waals surface area contributed by atoms with Crippen molar-refractivity contribution in [2.45, 2.75) is 76.0 Å². The average molecular weight is 470 g/mol. The number of nitrogens with one attached hydrogen (secondary N) is 1. The summed E-state index contributed by atoms with van der Waals surface area (Å²) in [6.45, 7) is 2.66. The first-order valence-corrected chi connectivity index (χ1v) is 10.0. The number of ether oxygens (including phenoxy) is 1. The number of hydrogen-bond acceptors (Lipinski definition) is 6. The van der Waals surface area contributed by atoms with Gasteiger partial charge in [0.25, 0.3) is 0 Å². The van der Waals surface area contributed by atoms with E-state index in [9.17, 15) is 14.8 Å². The number of unbranched alkanes of at least 4 members (excludes halogenated alkanes) is 2. The van der Waals surface area contributed by atoms with Crippen LogP contribution in [0.15, 0.2) is 24.3 Å². The fraction of sp³-hybridized carbons (Fsp3) is 0.632. The summed E-state index contributed by atoms with van der Waals surface area (Å²) in [6.07, 6.45) is 4.33. The van der Waals surface area contributed by atoms with E-state index in [0.717, 1.165) is 24.8 Å². The molecule has 1 aliphatic rings. The van der Waals surface area contributed by atoms with Gasteiger partial charge in [0.15, 0.2) is 5.72 Å². The quantitative estimate of drug-likeness (QED) is 0.191. The zero-order chi connectivity index (χ0) is 19.9. The van der Waals surface area contributed by atoms with Gasteiger partial charge in [-0.1, -0.05) is 43.5 Å². The number of nitrogens with two attached hydrogens (primary N) is 1. The number of rotatable bonds is 9. The molecule has 6 nitrogen and oxygen atoms in total. The predicted molar refractivity (Wildman–Crippen MR) is 122 cm³/mol. The van der Waals surface area contributed by atoms with Crippen LogP contribution >= 0.6 is 36.4 Å². The monoisotopic (exact) mass is 468 g/mol. The van der Waals surface area contributed by atoms with Gasteiger partial charge in [-0.15, -0.1) is 24.8 Å². The van der Waals surface area contributed by atoms with E-state index in [1.807, 2.05) is 24.3 Å². The summed E-state index contributed by atoms with van der Waals surface area (Å²) in [5, 5.41) is 23.4. The third-order valence-corrected chi connectivity index (χ3v) is 5.27. The molecule has 5 N–H and O–H groups in total. The Labute approximate surface area is 190 Å². The molecule has 3 unspecified atom stereocenters. The molecule has 166 valence electrons. The average Bonchev–Trinajstić information content (AvgIpc) is 2.60. The van der Waals surface area contributed by atoms with Crippen LogP contribution in [0.2, 0.25) is 10.8 Å². The normalized spacial score (nSPS) is 23.5. The van der Waals surface area contributed by atoms with Crippen molar-refractivity contribution in [3.05, 3.63) is 34.9 Å². The van der Waals surface area contributed by atoms with Gasteiger partial charge >= 0.3 is 13.1 Å². The van der Waals surface area contributed by atoms with Crippen LogP contribution in [-0.4, -0.2) is 34.9 Å². The maximum absolute atomic E-state index is 12.1. The summed E-state index contributed by atoms with van der Waals surface area (Å²) in [7, 11) is -1.49. The highest BCUT2D eigenvalue weighted by Crippen LogP contribution is 2.37. The molecule has 1 fully saturated rings. The first-order valence-electron chi connectivity index (χ1n) is 9.66. The molecule has 0 spiro atoms. The molecule has 0 bridgehead atoms. The zero-order valence-electron chi connectivity index (χ0n) is 16.7. The minimum absolute atomic E-state index is 0. The highest BCUT2D eigenvalue weighted by molar-refractivity contribution is 6.43. The van der Waals surface area contributed by atoms with Crippen LogP contribution in [0, 0.1) is 0 Å². The van der Waals surface area contributed by atoms with Gasteiger partial charge in [0.1, 0.15) is 0 Å². The number of esters is 1. The molecule has 2 rings (SSSR count). The lowest BCUT2D eigenvalue weighted by Gasteiger charge is -2.41. The second-order valence-electron chi connectivity index (χ2n) is 7.52. The van der Waals surface area contributed by atoms with Crippen LogP contribution in [-0.2, 0) is 16.1 Å². The molecule has 0 aromatic heterocycles. The second-order valence-corrected chi connectivity index (χ2v) is 7.95. The summed E-state index contributed by atoms with van der Waals surface area (Å²) >= 11 is 5.90. The fourth-order valence-electron chi connectivity index (χ4n) is 3.60. The minimum Gasteiger partial charge on any atom is -0.444 e. The van der Waals surface area contributed by atoms with Crippen LogP contribution < -0.4 is 11.1 Å². The smallest absolute Gasteiger partial charge is 0.444 e. The summed E-state index contributed by atoms with van der Waals surface area (Å²) in [4.78, 5) is 12.1. The molecule has 29 heavy (non-hydrogen) atoms. The van der Waals surface area contributed by atoms with Gasteiger partial charge in [-0.3, -0.25) is 10.5 Å². The van der Waals surface area contributed by atoms with E-state index in [2.05, 4.69) is 12.2 Å². The van der Waals surface area contributed by atoms with Crippen LogP contribution in [0.3, 0.4) is 0 Å². The Bertz CT molecular complexity index is 610. The molecule has 1 aromatic carbocycles. The minimum atomic E-state index is -1.49. The molecule has 0 heterocycles. The Morgan fingerprint density at radius 2 is 1.93 bits per heavy atom. The van der Waals surface area contributed by atoms with Crippen LogP contribution in [0.25, 0.3) is 0 Å². The molecule has 0 radical (unpaired) electrons. The molecule has 0 amide bonds. The molecule has 1 aromatic rings. The van der Waals surface area contributed by atoms with E-state index in [1.165, 1.54) is 0 Å². The van der Waals surface area contributed by atoms with Crippen molar-refractivity contribution in [3.63, 3.8) is 0 Å². The Morgan fingerprint density at radius 1 is 1.28 bits per heavy atom. The summed E-state index contributed by atoms with van der Waals surface area (Å²) < 4.78 is 5.56. The SMILES string of the molecule is CCCCCC(=O)OC1(N)CC(NCc2ccc(Cl)cc2)CC(B(O)O)C1.Cl.Cl. The number of carbonyl (C=O) groups excluding carboxylic acids is 1. The fourth-order valence-corrected chi connectivity index (χ4v) is 3.73. The van der Waals surface area contributed by atoms with E-state index < -0.39 is 18.7 Å². The Morgan fingerprint density at radius 3 is 2.52 bits per heavy atom. The van der Waals surface area contributed by atoms with Crippen molar-refractivity contribution >= 4 is 49.5 Å². The predicted octanol–water partition coefficient (Wildman–Crippen LogP) is 3.45. The lowest BCUT2D eigenvalue weighted by molar-refractivity contribution is -0.164. The molecular formula is C19H32BCl3N2O4. The van der Waals surface area contributed by atoms with Gasteiger partial charge in [0.2, 0.25) is 0 Å². The highest BCUT2D eigenvalue weighted by atomic mass is 35.5. The van der Waals surface area contributed by atoms with Gasteiger partial charge in [0.05, 0.1) is 0 Å². The Hall–Kier alpha value is -0.535.